The third kappa shape index (κ3) is 3.05. The largest absolute Gasteiger partial charge is 0.271 e. The Morgan fingerprint density at radius 1 is 1.27 bits per heavy atom. The predicted molar refractivity (Wildman–Crippen MR) is 91.6 cm³/mol. The molecule has 2 aromatic carbocycles. The van der Waals surface area contributed by atoms with E-state index in [1.165, 1.54) is 35.2 Å². The van der Waals surface area contributed by atoms with Crippen LogP contribution < -0.4 is 0 Å². The van der Waals surface area contributed by atoms with E-state index in [2.05, 4.69) is 4.98 Å². The van der Waals surface area contributed by atoms with E-state index in [9.17, 15) is 10.1 Å². The molecule has 1 heterocycles. The highest BCUT2D eigenvalue weighted by Crippen LogP contribution is 2.41. The lowest BCUT2D eigenvalue weighted by Crippen LogP contribution is -1.91. The Labute approximate surface area is 144 Å². The lowest BCUT2D eigenvalue weighted by molar-refractivity contribution is -0.384. The molecule has 8 heteroatoms. The van der Waals surface area contributed by atoms with E-state index in [1.54, 1.807) is 6.92 Å². The minimum atomic E-state index is -0.451. The number of nitro groups is 1. The number of hydrogen-bond acceptors (Lipinski definition) is 5. The van der Waals surface area contributed by atoms with Crippen molar-refractivity contribution in [3.8, 4) is 0 Å². The van der Waals surface area contributed by atoms with Crippen LogP contribution in [0.15, 0.2) is 39.6 Å². The number of aryl methyl sites for hydroxylation is 1. The van der Waals surface area contributed by atoms with Gasteiger partial charge >= 0.3 is 0 Å². The van der Waals surface area contributed by atoms with E-state index in [0.29, 0.717) is 10.0 Å². The molecule has 0 aliphatic heterocycles. The van der Waals surface area contributed by atoms with Crippen molar-refractivity contribution in [1.29, 1.82) is 0 Å². The van der Waals surface area contributed by atoms with Gasteiger partial charge in [0.1, 0.15) is 0 Å². The summed E-state index contributed by atoms with van der Waals surface area (Å²) >= 11 is 15.1. The molecule has 0 bridgehead atoms. The van der Waals surface area contributed by atoms with Gasteiger partial charge in [-0.25, -0.2) is 4.98 Å². The van der Waals surface area contributed by atoms with E-state index in [-0.39, 0.29) is 5.69 Å². The van der Waals surface area contributed by atoms with Gasteiger partial charge in [-0.1, -0.05) is 35.0 Å². The SMILES string of the molecule is Cc1cc([N+](=O)[O-])cc(Cl)c1Sc1nc2cc(Cl)ccc2s1. The third-order valence-electron chi connectivity index (χ3n) is 2.94. The molecular weight excluding hydrogens is 363 g/mol. The monoisotopic (exact) mass is 370 g/mol. The van der Waals surface area contributed by atoms with Crippen LogP contribution in [0, 0.1) is 17.0 Å². The fourth-order valence-corrected chi connectivity index (χ4v) is 4.56. The van der Waals surface area contributed by atoms with Gasteiger partial charge in [0.05, 0.1) is 20.2 Å². The first-order chi connectivity index (χ1) is 10.4. The molecule has 3 aromatic rings. The van der Waals surface area contributed by atoms with Gasteiger partial charge in [-0.2, -0.15) is 0 Å². The number of nitrogens with zero attached hydrogens (tertiary/aromatic N) is 2. The second-order valence-electron chi connectivity index (χ2n) is 4.52. The highest BCUT2D eigenvalue weighted by Gasteiger charge is 2.16. The molecule has 0 atom stereocenters. The average molecular weight is 371 g/mol. The zero-order chi connectivity index (χ0) is 15.9. The molecule has 0 fully saturated rings. The van der Waals surface area contributed by atoms with Crippen molar-refractivity contribution in [3.63, 3.8) is 0 Å². The van der Waals surface area contributed by atoms with Crippen LogP contribution in [0.2, 0.25) is 10.0 Å². The summed E-state index contributed by atoms with van der Waals surface area (Å²) in [5, 5.41) is 11.8. The van der Waals surface area contributed by atoms with Gasteiger partial charge in [-0.15, -0.1) is 11.3 Å². The molecule has 3 rings (SSSR count). The van der Waals surface area contributed by atoms with E-state index >= 15 is 0 Å². The first-order valence-electron chi connectivity index (χ1n) is 6.12. The number of rotatable bonds is 3. The second-order valence-corrected chi connectivity index (χ2v) is 7.66. The quantitative estimate of drug-likeness (QED) is 0.420. The predicted octanol–water partition coefficient (Wildman–Crippen LogP) is 5.97. The second kappa shape index (κ2) is 6.04. The van der Waals surface area contributed by atoms with Gasteiger partial charge in [-0.05, 0) is 30.7 Å². The number of hydrogen-bond donors (Lipinski definition) is 0. The van der Waals surface area contributed by atoms with Crippen molar-refractivity contribution >= 4 is 62.2 Å². The van der Waals surface area contributed by atoms with Crippen LogP contribution in [-0.4, -0.2) is 9.91 Å². The highest BCUT2D eigenvalue weighted by atomic mass is 35.5. The average Bonchev–Trinajstić information content (AvgIpc) is 2.84. The first kappa shape index (κ1) is 15.6. The van der Waals surface area contributed by atoms with Crippen LogP contribution in [-0.2, 0) is 0 Å². The molecule has 0 aliphatic carbocycles. The molecule has 0 saturated heterocycles. The Balaban J connectivity index is 1.99. The summed E-state index contributed by atoms with van der Waals surface area (Å²) in [4.78, 5) is 15.7. The van der Waals surface area contributed by atoms with Gasteiger partial charge in [0.15, 0.2) is 4.34 Å². The molecule has 4 nitrogen and oxygen atoms in total. The number of aromatic nitrogens is 1. The Bertz CT molecular complexity index is 873. The molecule has 22 heavy (non-hydrogen) atoms. The van der Waals surface area contributed by atoms with Gasteiger partial charge in [0.2, 0.25) is 0 Å². The highest BCUT2D eigenvalue weighted by molar-refractivity contribution is 8.01. The maximum absolute atomic E-state index is 10.8. The third-order valence-corrected chi connectivity index (χ3v) is 5.93. The van der Waals surface area contributed by atoms with Gasteiger partial charge in [-0.3, -0.25) is 10.1 Å². The number of thiazole rings is 1. The fraction of sp³-hybridized carbons (Fsp3) is 0.0714. The molecule has 0 spiro atoms. The number of non-ortho nitro benzene ring substituents is 1. The van der Waals surface area contributed by atoms with Gasteiger partial charge in [0.25, 0.3) is 5.69 Å². The Morgan fingerprint density at radius 3 is 2.73 bits per heavy atom. The maximum atomic E-state index is 10.8. The molecule has 0 saturated carbocycles. The maximum Gasteiger partial charge on any atom is 0.271 e. The van der Waals surface area contributed by atoms with Crippen molar-refractivity contribution in [1.82, 2.24) is 4.98 Å². The normalized spacial score (nSPS) is 11.0. The minimum Gasteiger partial charge on any atom is -0.258 e. The summed E-state index contributed by atoms with van der Waals surface area (Å²) < 4.78 is 1.85. The molecular formula is C14H8Cl2N2O2S2. The molecule has 0 unspecified atom stereocenters. The summed E-state index contributed by atoms with van der Waals surface area (Å²) in [5.41, 5.74) is 1.57. The van der Waals surface area contributed by atoms with Crippen LogP contribution in [0.25, 0.3) is 10.2 Å². The van der Waals surface area contributed by atoms with Crippen molar-refractivity contribution in [2.45, 2.75) is 16.2 Å². The van der Waals surface area contributed by atoms with E-state index < -0.39 is 4.92 Å². The standard InChI is InChI=1S/C14H8Cl2N2O2S2/c1-7-4-9(18(19)20)6-10(16)13(7)22-14-17-11-5-8(15)2-3-12(11)21-14/h2-6H,1H3. The van der Waals surface area contributed by atoms with E-state index in [4.69, 9.17) is 23.2 Å². The zero-order valence-electron chi connectivity index (χ0n) is 11.2. The summed E-state index contributed by atoms with van der Waals surface area (Å²) in [5.74, 6) is 0. The summed E-state index contributed by atoms with van der Waals surface area (Å²) in [7, 11) is 0. The lowest BCUT2D eigenvalue weighted by Gasteiger charge is -2.05. The number of fused-ring (bicyclic) bond motifs is 1. The van der Waals surface area contributed by atoms with Crippen LogP contribution in [0.5, 0.6) is 0 Å². The van der Waals surface area contributed by atoms with Crippen LogP contribution in [0.4, 0.5) is 5.69 Å². The summed E-state index contributed by atoms with van der Waals surface area (Å²) in [6, 6.07) is 8.42. The first-order valence-corrected chi connectivity index (χ1v) is 8.51. The fourth-order valence-electron chi connectivity index (χ4n) is 1.96. The molecule has 1 aromatic heterocycles. The van der Waals surface area contributed by atoms with Crippen molar-refractivity contribution in [2.24, 2.45) is 0 Å². The van der Waals surface area contributed by atoms with Crippen molar-refractivity contribution in [3.05, 3.63) is 56.1 Å². The van der Waals surface area contributed by atoms with Crippen LogP contribution in [0.3, 0.4) is 0 Å². The Kier molecular flexibility index (Phi) is 4.27. The van der Waals surface area contributed by atoms with Gasteiger partial charge in [0, 0.05) is 22.1 Å². The van der Waals surface area contributed by atoms with Crippen LogP contribution in [0.1, 0.15) is 5.56 Å². The van der Waals surface area contributed by atoms with Crippen molar-refractivity contribution < 1.29 is 4.92 Å². The number of halogens is 2. The molecule has 112 valence electrons. The number of nitro benzene ring substituents is 1. The molecule has 0 aliphatic rings. The molecule has 0 radical (unpaired) electrons. The lowest BCUT2D eigenvalue weighted by atomic mass is 10.2. The van der Waals surface area contributed by atoms with E-state index in [1.807, 2.05) is 18.2 Å². The molecule has 0 amide bonds. The zero-order valence-corrected chi connectivity index (χ0v) is 14.3. The number of benzene rings is 2. The van der Waals surface area contributed by atoms with Crippen molar-refractivity contribution in [2.75, 3.05) is 0 Å². The van der Waals surface area contributed by atoms with E-state index in [0.717, 1.165) is 25.0 Å². The summed E-state index contributed by atoms with van der Waals surface area (Å²) in [6.07, 6.45) is 0. The minimum absolute atomic E-state index is 0.0112. The Hall–Kier alpha value is -1.34. The Morgan fingerprint density at radius 2 is 2.05 bits per heavy atom. The molecule has 0 N–H and O–H groups in total. The van der Waals surface area contributed by atoms with Crippen LogP contribution >= 0.6 is 46.3 Å². The summed E-state index contributed by atoms with van der Waals surface area (Å²) in [6.45, 7) is 1.80. The smallest absolute Gasteiger partial charge is 0.258 e. The van der Waals surface area contributed by atoms with Gasteiger partial charge < -0.3 is 0 Å². The topological polar surface area (TPSA) is 56.0 Å².